The van der Waals surface area contributed by atoms with Gasteiger partial charge in [0.25, 0.3) is 0 Å². The van der Waals surface area contributed by atoms with E-state index in [-0.39, 0.29) is 24.3 Å². The zero-order chi connectivity index (χ0) is 13.8. The number of hydrogen-bond acceptors (Lipinski definition) is 2. The van der Waals surface area contributed by atoms with Crippen LogP contribution >= 0.6 is 24.0 Å². The second-order valence-corrected chi connectivity index (χ2v) is 5.97. The van der Waals surface area contributed by atoms with Gasteiger partial charge in [-0.15, -0.1) is 12.4 Å². The third kappa shape index (κ3) is 4.32. The molecule has 1 atom stereocenters. The Labute approximate surface area is 132 Å². The van der Waals surface area contributed by atoms with Crippen molar-refractivity contribution < 1.29 is 4.39 Å². The maximum Gasteiger partial charge on any atom is 0.129 e. The Kier molecular flexibility index (Phi) is 7.24. The highest BCUT2D eigenvalue weighted by Gasteiger charge is 2.27. The molecule has 0 saturated carbocycles. The molecule has 114 valence electrons. The van der Waals surface area contributed by atoms with Crippen LogP contribution in [0.5, 0.6) is 0 Å². The minimum absolute atomic E-state index is 0. The zero-order valence-electron chi connectivity index (χ0n) is 12.0. The molecule has 2 rings (SSSR count). The highest BCUT2D eigenvalue weighted by atomic mass is 35.5. The van der Waals surface area contributed by atoms with E-state index < -0.39 is 0 Å². The lowest BCUT2D eigenvalue weighted by atomic mass is 9.94. The van der Waals surface area contributed by atoms with Crippen molar-refractivity contribution >= 4 is 24.0 Å². The lowest BCUT2D eigenvalue weighted by molar-refractivity contribution is 0.151. The van der Waals surface area contributed by atoms with Gasteiger partial charge in [-0.25, -0.2) is 4.39 Å². The van der Waals surface area contributed by atoms with Crippen LogP contribution in [-0.4, -0.2) is 31.1 Å². The topological polar surface area (TPSA) is 15.3 Å². The van der Waals surface area contributed by atoms with Gasteiger partial charge in [-0.1, -0.05) is 31.5 Å². The van der Waals surface area contributed by atoms with E-state index in [0.717, 1.165) is 32.6 Å². The summed E-state index contributed by atoms with van der Waals surface area (Å²) in [6, 6.07) is 5.05. The SMILES string of the molecule is CC(C)C[C@H](c1c(F)cccc1Cl)N1CCNCC1.Cl. The van der Waals surface area contributed by atoms with E-state index >= 15 is 0 Å². The third-order valence-corrected chi connectivity index (χ3v) is 3.95. The summed E-state index contributed by atoms with van der Waals surface area (Å²) in [5, 5.41) is 3.88. The highest BCUT2D eigenvalue weighted by Crippen LogP contribution is 2.34. The van der Waals surface area contributed by atoms with Crippen molar-refractivity contribution in [1.29, 1.82) is 0 Å². The fourth-order valence-corrected chi connectivity index (χ4v) is 3.01. The molecule has 0 amide bonds. The van der Waals surface area contributed by atoms with Crippen molar-refractivity contribution in [3.05, 3.63) is 34.6 Å². The van der Waals surface area contributed by atoms with Crippen molar-refractivity contribution in [2.45, 2.75) is 26.3 Å². The Bertz CT molecular complexity index is 400. The van der Waals surface area contributed by atoms with Gasteiger partial charge in [0, 0.05) is 42.8 Å². The van der Waals surface area contributed by atoms with Gasteiger partial charge in [0.05, 0.1) is 0 Å². The van der Waals surface area contributed by atoms with Crippen LogP contribution in [0.15, 0.2) is 18.2 Å². The van der Waals surface area contributed by atoms with E-state index in [9.17, 15) is 4.39 Å². The van der Waals surface area contributed by atoms with E-state index in [1.165, 1.54) is 6.07 Å². The number of nitrogens with one attached hydrogen (secondary N) is 1. The number of benzene rings is 1. The van der Waals surface area contributed by atoms with Crippen LogP contribution in [0.2, 0.25) is 5.02 Å². The molecule has 0 aromatic heterocycles. The van der Waals surface area contributed by atoms with Crippen LogP contribution < -0.4 is 5.32 Å². The predicted molar refractivity (Wildman–Crippen MR) is 85.3 cm³/mol. The maximum absolute atomic E-state index is 14.2. The largest absolute Gasteiger partial charge is 0.314 e. The van der Waals surface area contributed by atoms with Crippen molar-refractivity contribution in [2.24, 2.45) is 5.92 Å². The summed E-state index contributed by atoms with van der Waals surface area (Å²) in [4.78, 5) is 2.35. The average Bonchev–Trinajstić information content (AvgIpc) is 2.38. The van der Waals surface area contributed by atoms with Crippen LogP contribution in [0.1, 0.15) is 31.9 Å². The first-order valence-electron chi connectivity index (χ1n) is 6.98. The smallest absolute Gasteiger partial charge is 0.129 e. The van der Waals surface area contributed by atoms with E-state index in [0.29, 0.717) is 16.5 Å². The van der Waals surface area contributed by atoms with Crippen molar-refractivity contribution in [3.8, 4) is 0 Å². The quantitative estimate of drug-likeness (QED) is 0.905. The lowest BCUT2D eigenvalue weighted by Gasteiger charge is -2.36. The number of halogens is 3. The summed E-state index contributed by atoms with van der Waals surface area (Å²) in [6.45, 7) is 8.15. The molecular formula is C15H23Cl2FN2. The minimum atomic E-state index is -0.184. The number of hydrogen-bond donors (Lipinski definition) is 1. The zero-order valence-corrected chi connectivity index (χ0v) is 13.6. The Morgan fingerprint density at radius 2 is 1.95 bits per heavy atom. The maximum atomic E-state index is 14.2. The molecule has 1 N–H and O–H groups in total. The van der Waals surface area contributed by atoms with Gasteiger partial charge in [-0.05, 0) is 24.5 Å². The summed E-state index contributed by atoms with van der Waals surface area (Å²) in [5.74, 6) is 0.326. The number of rotatable bonds is 4. The lowest BCUT2D eigenvalue weighted by Crippen LogP contribution is -2.45. The molecule has 2 nitrogen and oxygen atoms in total. The van der Waals surface area contributed by atoms with Gasteiger partial charge >= 0.3 is 0 Å². The number of piperazine rings is 1. The number of nitrogens with zero attached hydrogens (tertiary/aromatic N) is 1. The Hall–Kier alpha value is -0.350. The van der Waals surface area contributed by atoms with Gasteiger partial charge in [-0.3, -0.25) is 4.90 Å². The molecule has 1 heterocycles. The molecule has 0 unspecified atom stereocenters. The fourth-order valence-electron chi connectivity index (χ4n) is 2.72. The second kappa shape index (κ2) is 8.18. The highest BCUT2D eigenvalue weighted by molar-refractivity contribution is 6.31. The van der Waals surface area contributed by atoms with Crippen LogP contribution in [-0.2, 0) is 0 Å². The van der Waals surface area contributed by atoms with Crippen LogP contribution in [0.3, 0.4) is 0 Å². The monoisotopic (exact) mass is 320 g/mol. The first kappa shape index (κ1) is 17.7. The van der Waals surface area contributed by atoms with E-state index in [1.54, 1.807) is 12.1 Å². The predicted octanol–water partition coefficient (Wildman–Crippen LogP) is 3.89. The van der Waals surface area contributed by atoms with Gasteiger partial charge in [-0.2, -0.15) is 0 Å². The summed E-state index contributed by atoms with van der Waals surface area (Å²) in [5.41, 5.74) is 0.666. The summed E-state index contributed by atoms with van der Waals surface area (Å²) < 4.78 is 14.2. The summed E-state index contributed by atoms with van der Waals surface area (Å²) >= 11 is 6.24. The van der Waals surface area contributed by atoms with Crippen molar-refractivity contribution in [1.82, 2.24) is 10.2 Å². The molecule has 0 spiro atoms. The van der Waals surface area contributed by atoms with Gasteiger partial charge in [0.2, 0.25) is 0 Å². The molecule has 1 aliphatic rings. The van der Waals surface area contributed by atoms with Gasteiger partial charge in [0.1, 0.15) is 5.82 Å². The standard InChI is InChI=1S/C15H22ClFN2.ClH/c1-11(2)10-14(19-8-6-18-7-9-19)15-12(16)4-3-5-13(15)17;/h3-5,11,14,18H,6-10H2,1-2H3;1H/t14-;/m1./s1. The van der Waals surface area contributed by atoms with E-state index in [4.69, 9.17) is 11.6 Å². The normalized spacial score (nSPS) is 17.9. The van der Waals surface area contributed by atoms with Gasteiger partial charge < -0.3 is 5.32 Å². The molecule has 1 aromatic rings. The second-order valence-electron chi connectivity index (χ2n) is 5.57. The van der Waals surface area contributed by atoms with Gasteiger partial charge in [0.15, 0.2) is 0 Å². The summed E-state index contributed by atoms with van der Waals surface area (Å²) in [6.07, 6.45) is 0.931. The molecule has 0 aliphatic carbocycles. The Balaban J connectivity index is 0.00000200. The molecule has 1 aromatic carbocycles. The first-order valence-corrected chi connectivity index (χ1v) is 7.36. The molecule has 0 bridgehead atoms. The van der Waals surface area contributed by atoms with Crippen molar-refractivity contribution in [2.75, 3.05) is 26.2 Å². The minimum Gasteiger partial charge on any atom is -0.314 e. The Morgan fingerprint density at radius 1 is 1.30 bits per heavy atom. The van der Waals surface area contributed by atoms with Crippen LogP contribution in [0.25, 0.3) is 0 Å². The summed E-state index contributed by atoms with van der Waals surface area (Å²) in [7, 11) is 0. The first-order chi connectivity index (χ1) is 9.09. The van der Waals surface area contributed by atoms with Crippen LogP contribution in [0, 0.1) is 11.7 Å². The molecule has 1 saturated heterocycles. The molecule has 20 heavy (non-hydrogen) atoms. The molecule has 0 radical (unpaired) electrons. The van der Waals surface area contributed by atoms with E-state index in [2.05, 4.69) is 24.1 Å². The third-order valence-electron chi connectivity index (χ3n) is 3.62. The fraction of sp³-hybridized carbons (Fsp3) is 0.600. The molecule has 5 heteroatoms. The van der Waals surface area contributed by atoms with E-state index in [1.807, 2.05) is 0 Å². The average molecular weight is 321 g/mol. The van der Waals surface area contributed by atoms with Crippen molar-refractivity contribution in [3.63, 3.8) is 0 Å². The van der Waals surface area contributed by atoms with Crippen LogP contribution in [0.4, 0.5) is 4.39 Å². The molecule has 1 fully saturated rings. The Morgan fingerprint density at radius 3 is 2.50 bits per heavy atom. The molecular weight excluding hydrogens is 298 g/mol. The molecule has 1 aliphatic heterocycles.